The van der Waals surface area contributed by atoms with Crippen molar-refractivity contribution >= 4 is 5.69 Å². The fourth-order valence-electron chi connectivity index (χ4n) is 2.07. The van der Waals surface area contributed by atoms with E-state index in [4.69, 9.17) is 0 Å². The van der Waals surface area contributed by atoms with Crippen LogP contribution in [0.5, 0.6) is 0 Å². The van der Waals surface area contributed by atoms with Crippen molar-refractivity contribution in [2.24, 2.45) is 5.92 Å². The van der Waals surface area contributed by atoms with Crippen LogP contribution in [0.2, 0.25) is 0 Å². The van der Waals surface area contributed by atoms with E-state index in [9.17, 15) is 4.79 Å². The van der Waals surface area contributed by atoms with Gasteiger partial charge in [-0.05, 0) is 42.9 Å². The fraction of sp³-hybridized carbons (Fsp3) is 0.400. The highest BCUT2D eigenvalue weighted by Gasteiger charge is 2.20. The minimum Gasteiger partial charge on any atom is -0.383 e. The van der Waals surface area contributed by atoms with Gasteiger partial charge in [0.05, 0.1) is 11.9 Å². The molecule has 0 aromatic carbocycles. The third kappa shape index (κ3) is 3.44. The molecule has 0 aliphatic heterocycles. The van der Waals surface area contributed by atoms with Gasteiger partial charge in [-0.25, -0.2) is 4.68 Å². The monoisotopic (exact) mass is 270 g/mol. The summed E-state index contributed by atoms with van der Waals surface area (Å²) in [5.41, 5.74) is 1.92. The summed E-state index contributed by atoms with van der Waals surface area (Å²) < 4.78 is 1.50. The normalized spacial score (nSPS) is 14.2. The average Bonchev–Trinajstić information content (AvgIpc) is 3.29. The van der Waals surface area contributed by atoms with E-state index in [0.717, 1.165) is 30.1 Å². The first kappa shape index (κ1) is 12.8. The average molecular weight is 270 g/mol. The number of nitrogens with one attached hydrogen (secondary N) is 1. The number of anilines is 1. The maximum atomic E-state index is 12.0. The highest BCUT2D eigenvalue weighted by molar-refractivity contribution is 5.38. The van der Waals surface area contributed by atoms with E-state index in [1.54, 1.807) is 24.7 Å². The van der Waals surface area contributed by atoms with Gasteiger partial charge in [-0.3, -0.25) is 9.78 Å². The van der Waals surface area contributed by atoms with Gasteiger partial charge in [0.15, 0.2) is 0 Å². The van der Waals surface area contributed by atoms with E-state index in [1.165, 1.54) is 17.5 Å². The van der Waals surface area contributed by atoms with Crippen LogP contribution in [0.4, 0.5) is 5.69 Å². The number of hydrogen-bond donors (Lipinski definition) is 1. The molecule has 1 aliphatic rings. The summed E-state index contributed by atoms with van der Waals surface area (Å²) in [6, 6.07) is 5.54. The lowest BCUT2D eigenvalue weighted by Crippen LogP contribution is -2.23. The molecule has 2 aromatic heterocycles. The zero-order valence-corrected chi connectivity index (χ0v) is 11.3. The number of aryl methyl sites for hydroxylation is 2. The number of rotatable bonds is 6. The molecule has 104 valence electrons. The van der Waals surface area contributed by atoms with E-state index < -0.39 is 0 Å². The first-order chi connectivity index (χ1) is 9.81. The van der Waals surface area contributed by atoms with Gasteiger partial charge in [0.25, 0.3) is 5.56 Å². The zero-order valence-electron chi connectivity index (χ0n) is 11.3. The third-order valence-electron chi connectivity index (χ3n) is 3.52. The number of hydrogen-bond acceptors (Lipinski definition) is 4. The van der Waals surface area contributed by atoms with Crippen LogP contribution in [-0.2, 0) is 13.0 Å². The molecule has 20 heavy (non-hydrogen) atoms. The molecule has 0 radical (unpaired) electrons. The summed E-state index contributed by atoms with van der Waals surface area (Å²) in [5.74, 6) is 0.782. The molecule has 0 saturated heterocycles. The maximum absolute atomic E-state index is 12.0. The standard InChI is InChI=1S/C15H18N4O/c20-15-9-14(17-10-13-1-2-13)11-18-19(15)8-5-12-3-6-16-7-4-12/h3-4,6-7,9,11,13,17H,1-2,5,8,10H2. The highest BCUT2D eigenvalue weighted by Crippen LogP contribution is 2.28. The molecule has 5 heteroatoms. The van der Waals surface area contributed by atoms with E-state index in [1.807, 2.05) is 12.1 Å². The minimum atomic E-state index is -0.0557. The van der Waals surface area contributed by atoms with Crippen LogP contribution in [0.15, 0.2) is 41.6 Å². The van der Waals surface area contributed by atoms with Crippen molar-refractivity contribution in [2.45, 2.75) is 25.8 Å². The largest absolute Gasteiger partial charge is 0.383 e. The van der Waals surface area contributed by atoms with Crippen molar-refractivity contribution in [3.05, 3.63) is 52.7 Å². The summed E-state index contributed by atoms with van der Waals surface area (Å²) in [5, 5.41) is 7.48. The molecule has 0 amide bonds. The van der Waals surface area contributed by atoms with Crippen molar-refractivity contribution in [1.29, 1.82) is 0 Å². The third-order valence-corrected chi connectivity index (χ3v) is 3.52. The molecule has 0 spiro atoms. The van der Waals surface area contributed by atoms with Crippen LogP contribution in [0.3, 0.4) is 0 Å². The second kappa shape index (κ2) is 5.86. The summed E-state index contributed by atoms with van der Waals surface area (Å²) >= 11 is 0. The molecule has 0 bridgehead atoms. The van der Waals surface area contributed by atoms with Gasteiger partial charge in [0, 0.05) is 31.5 Å². The Balaban J connectivity index is 1.60. The number of nitrogens with zero attached hydrogens (tertiary/aromatic N) is 3. The molecule has 2 heterocycles. The summed E-state index contributed by atoms with van der Waals surface area (Å²) in [6.45, 7) is 1.54. The van der Waals surface area contributed by atoms with E-state index in [0.29, 0.717) is 6.54 Å². The van der Waals surface area contributed by atoms with Gasteiger partial charge < -0.3 is 5.32 Å². The molecule has 3 rings (SSSR count). The molecule has 1 aliphatic carbocycles. The van der Waals surface area contributed by atoms with Crippen LogP contribution in [0.25, 0.3) is 0 Å². The van der Waals surface area contributed by atoms with Gasteiger partial charge in [-0.1, -0.05) is 0 Å². The van der Waals surface area contributed by atoms with Crippen LogP contribution >= 0.6 is 0 Å². The van der Waals surface area contributed by atoms with Gasteiger partial charge in [-0.15, -0.1) is 0 Å². The maximum Gasteiger partial charge on any atom is 0.268 e. The molecule has 0 unspecified atom stereocenters. The Bertz CT molecular complexity index is 619. The summed E-state index contributed by atoms with van der Waals surface area (Å²) in [7, 11) is 0. The predicted molar refractivity (Wildman–Crippen MR) is 77.7 cm³/mol. The Hall–Kier alpha value is -2.17. The van der Waals surface area contributed by atoms with Crippen molar-refractivity contribution in [3.63, 3.8) is 0 Å². The van der Waals surface area contributed by atoms with Crippen LogP contribution in [0, 0.1) is 5.92 Å². The van der Waals surface area contributed by atoms with Gasteiger partial charge >= 0.3 is 0 Å². The Morgan fingerprint density at radius 3 is 2.80 bits per heavy atom. The molecule has 0 atom stereocenters. The topological polar surface area (TPSA) is 59.8 Å². The van der Waals surface area contributed by atoms with E-state index in [-0.39, 0.29) is 5.56 Å². The van der Waals surface area contributed by atoms with Crippen molar-refractivity contribution in [3.8, 4) is 0 Å². The van der Waals surface area contributed by atoms with Gasteiger partial charge in [-0.2, -0.15) is 5.10 Å². The first-order valence-corrected chi connectivity index (χ1v) is 7.01. The first-order valence-electron chi connectivity index (χ1n) is 7.01. The van der Waals surface area contributed by atoms with Crippen molar-refractivity contribution < 1.29 is 0 Å². The summed E-state index contributed by atoms with van der Waals surface area (Å²) in [6.07, 6.45) is 8.63. The smallest absolute Gasteiger partial charge is 0.268 e. The molecule has 1 saturated carbocycles. The van der Waals surface area contributed by atoms with Crippen molar-refractivity contribution in [1.82, 2.24) is 14.8 Å². The Kier molecular flexibility index (Phi) is 3.76. The molecule has 1 fully saturated rings. The van der Waals surface area contributed by atoms with E-state index in [2.05, 4.69) is 15.4 Å². The molecule has 1 N–H and O–H groups in total. The molecule has 5 nitrogen and oxygen atoms in total. The quantitative estimate of drug-likeness (QED) is 0.868. The predicted octanol–water partition coefficient (Wildman–Crippen LogP) is 1.70. The van der Waals surface area contributed by atoms with Gasteiger partial charge in [0.1, 0.15) is 0 Å². The number of aromatic nitrogens is 3. The Morgan fingerprint density at radius 2 is 2.10 bits per heavy atom. The lowest BCUT2D eigenvalue weighted by atomic mass is 10.2. The second-order valence-corrected chi connectivity index (χ2v) is 5.24. The Labute approximate surface area is 117 Å². The van der Waals surface area contributed by atoms with Gasteiger partial charge in [0.2, 0.25) is 0 Å². The molecular weight excluding hydrogens is 252 g/mol. The van der Waals surface area contributed by atoms with Crippen LogP contribution in [0.1, 0.15) is 18.4 Å². The molecular formula is C15H18N4O. The highest BCUT2D eigenvalue weighted by atomic mass is 16.1. The number of pyridine rings is 1. The fourth-order valence-corrected chi connectivity index (χ4v) is 2.07. The second-order valence-electron chi connectivity index (χ2n) is 5.24. The van der Waals surface area contributed by atoms with Crippen LogP contribution < -0.4 is 10.9 Å². The zero-order chi connectivity index (χ0) is 13.8. The SMILES string of the molecule is O=c1cc(NCC2CC2)cnn1CCc1ccncc1. The van der Waals surface area contributed by atoms with Crippen molar-refractivity contribution in [2.75, 3.05) is 11.9 Å². The van der Waals surface area contributed by atoms with E-state index >= 15 is 0 Å². The molecule has 2 aromatic rings. The lowest BCUT2D eigenvalue weighted by molar-refractivity contribution is 0.578. The minimum absolute atomic E-state index is 0.0557. The summed E-state index contributed by atoms with van der Waals surface area (Å²) in [4.78, 5) is 15.9. The Morgan fingerprint density at radius 1 is 1.30 bits per heavy atom. The lowest BCUT2D eigenvalue weighted by Gasteiger charge is -2.07. The van der Waals surface area contributed by atoms with Crippen LogP contribution in [-0.4, -0.2) is 21.3 Å².